The summed E-state index contributed by atoms with van der Waals surface area (Å²) in [6, 6.07) is 0. The Morgan fingerprint density at radius 3 is 2.31 bits per heavy atom. The maximum Gasteiger partial charge on any atom is -0.0357 e. The molecule has 0 nitrogen and oxygen atoms in total. The van der Waals surface area contributed by atoms with Gasteiger partial charge in [-0.25, -0.2) is 0 Å². The highest BCUT2D eigenvalue weighted by molar-refractivity contribution is 4.88. The predicted molar refractivity (Wildman–Crippen MR) is 57.6 cm³/mol. The van der Waals surface area contributed by atoms with Gasteiger partial charge in [-0.15, -0.1) is 0 Å². The average Bonchev–Trinajstić information content (AvgIpc) is 2.15. The molecule has 5 atom stereocenters. The van der Waals surface area contributed by atoms with E-state index in [2.05, 4.69) is 20.8 Å². The van der Waals surface area contributed by atoms with Crippen molar-refractivity contribution in [1.29, 1.82) is 0 Å². The fourth-order valence-corrected chi connectivity index (χ4v) is 3.82. The summed E-state index contributed by atoms with van der Waals surface area (Å²) in [5.41, 5.74) is 0. The monoisotopic (exact) mass is 180 g/mol. The van der Waals surface area contributed by atoms with E-state index < -0.39 is 0 Å². The van der Waals surface area contributed by atoms with Crippen molar-refractivity contribution in [2.24, 2.45) is 29.6 Å². The van der Waals surface area contributed by atoms with Crippen LogP contribution in [0.1, 0.15) is 52.9 Å². The van der Waals surface area contributed by atoms with Gasteiger partial charge in [-0.05, 0) is 42.4 Å². The topological polar surface area (TPSA) is 0 Å². The van der Waals surface area contributed by atoms with Crippen molar-refractivity contribution in [2.75, 3.05) is 0 Å². The Morgan fingerprint density at radius 2 is 1.54 bits per heavy atom. The van der Waals surface area contributed by atoms with Gasteiger partial charge in [-0.3, -0.25) is 0 Å². The van der Waals surface area contributed by atoms with E-state index in [1.807, 2.05) is 0 Å². The third-order valence-corrected chi connectivity index (χ3v) is 5.04. The second kappa shape index (κ2) is 3.63. The molecule has 0 N–H and O–H groups in total. The zero-order valence-electron chi connectivity index (χ0n) is 9.42. The first kappa shape index (κ1) is 9.55. The molecule has 0 saturated heterocycles. The summed E-state index contributed by atoms with van der Waals surface area (Å²) in [5.74, 6) is 5.12. The summed E-state index contributed by atoms with van der Waals surface area (Å²) in [6.45, 7) is 7.44. The molecule has 5 unspecified atom stereocenters. The molecule has 76 valence electrons. The molecule has 2 aliphatic rings. The second-order valence-electron chi connectivity index (χ2n) is 5.64. The Morgan fingerprint density at radius 1 is 0.846 bits per heavy atom. The first-order chi connectivity index (χ1) is 6.20. The molecule has 0 radical (unpaired) electrons. The van der Waals surface area contributed by atoms with E-state index in [1.54, 1.807) is 0 Å². The SMILES string of the molecule is CC1CC2CCCCC2C(C)C1C. The largest absolute Gasteiger partial charge is 0.0622 e. The number of fused-ring (bicyclic) bond motifs is 1. The van der Waals surface area contributed by atoms with Crippen LogP contribution in [0.5, 0.6) is 0 Å². The molecule has 2 saturated carbocycles. The summed E-state index contributed by atoms with van der Waals surface area (Å²) < 4.78 is 0. The maximum absolute atomic E-state index is 2.50. The third-order valence-electron chi connectivity index (χ3n) is 5.04. The second-order valence-corrected chi connectivity index (χ2v) is 5.64. The molecule has 0 spiro atoms. The molecule has 0 heterocycles. The summed E-state index contributed by atoms with van der Waals surface area (Å²) in [7, 11) is 0. The Labute approximate surface area is 83.1 Å². The fraction of sp³-hybridized carbons (Fsp3) is 1.00. The highest BCUT2D eigenvalue weighted by Crippen LogP contribution is 2.48. The summed E-state index contributed by atoms with van der Waals surface area (Å²) in [6.07, 6.45) is 7.60. The van der Waals surface area contributed by atoms with Gasteiger partial charge >= 0.3 is 0 Å². The van der Waals surface area contributed by atoms with Gasteiger partial charge in [0.25, 0.3) is 0 Å². The van der Waals surface area contributed by atoms with Crippen molar-refractivity contribution in [3.05, 3.63) is 0 Å². The predicted octanol–water partition coefficient (Wildman–Crippen LogP) is 4.10. The summed E-state index contributed by atoms with van der Waals surface area (Å²) in [5, 5.41) is 0. The van der Waals surface area contributed by atoms with Gasteiger partial charge in [0.1, 0.15) is 0 Å². The van der Waals surface area contributed by atoms with E-state index in [-0.39, 0.29) is 0 Å². The van der Waals surface area contributed by atoms with Crippen LogP contribution in [0.4, 0.5) is 0 Å². The van der Waals surface area contributed by atoms with Crippen LogP contribution in [0.15, 0.2) is 0 Å². The number of rotatable bonds is 0. The van der Waals surface area contributed by atoms with Crippen molar-refractivity contribution in [2.45, 2.75) is 52.9 Å². The normalized spacial score (nSPS) is 51.5. The third kappa shape index (κ3) is 1.65. The minimum Gasteiger partial charge on any atom is -0.0622 e. The molecular formula is C13H24. The first-order valence-corrected chi connectivity index (χ1v) is 6.20. The quantitative estimate of drug-likeness (QED) is 0.526. The van der Waals surface area contributed by atoms with Gasteiger partial charge in [-0.2, -0.15) is 0 Å². The standard InChI is InChI=1S/C13H24/c1-9-8-12-6-4-5-7-13(12)11(3)10(9)2/h9-13H,4-8H2,1-3H3. The van der Waals surface area contributed by atoms with Gasteiger partial charge < -0.3 is 0 Å². The van der Waals surface area contributed by atoms with E-state index in [1.165, 1.54) is 32.1 Å². The molecule has 0 bridgehead atoms. The molecule has 0 aromatic rings. The van der Waals surface area contributed by atoms with E-state index >= 15 is 0 Å². The van der Waals surface area contributed by atoms with E-state index in [0.29, 0.717) is 0 Å². The molecule has 2 rings (SSSR count). The maximum atomic E-state index is 2.50. The van der Waals surface area contributed by atoms with E-state index in [9.17, 15) is 0 Å². The Kier molecular flexibility index (Phi) is 2.67. The lowest BCUT2D eigenvalue weighted by molar-refractivity contribution is 0.0351. The minimum absolute atomic E-state index is 0.972. The van der Waals surface area contributed by atoms with Crippen LogP contribution in [0, 0.1) is 29.6 Å². The van der Waals surface area contributed by atoms with Crippen LogP contribution in [0.2, 0.25) is 0 Å². The van der Waals surface area contributed by atoms with Crippen LogP contribution in [-0.2, 0) is 0 Å². The van der Waals surface area contributed by atoms with Crippen molar-refractivity contribution in [3.63, 3.8) is 0 Å². The molecule has 2 fully saturated rings. The van der Waals surface area contributed by atoms with Gasteiger partial charge in [0.2, 0.25) is 0 Å². The van der Waals surface area contributed by atoms with Gasteiger partial charge in [0, 0.05) is 0 Å². The molecule has 0 aromatic heterocycles. The van der Waals surface area contributed by atoms with Crippen LogP contribution >= 0.6 is 0 Å². The molecule has 2 aliphatic carbocycles. The number of hydrogen-bond acceptors (Lipinski definition) is 0. The van der Waals surface area contributed by atoms with Gasteiger partial charge in [0.15, 0.2) is 0 Å². The van der Waals surface area contributed by atoms with Crippen LogP contribution < -0.4 is 0 Å². The average molecular weight is 180 g/mol. The molecule has 0 aromatic carbocycles. The van der Waals surface area contributed by atoms with Gasteiger partial charge in [0.05, 0.1) is 0 Å². The fourth-order valence-electron chi connectivity index (χ4n) is 3.82. The molecular weight excluding hydrogens is 156 g/mol. The summed E-state index contributed by atoms with van der Waals surface area (Å²) in [4.78, 5) is 0. The smallest absolute Gasteiger partial charge is 0.0357 e. The highest BCUT2D eigenvalue weighted by Gasteiger charge is 2.39. The Hall–Kier alpha value is 0. The lowest BCUT2D eigenvalue weighted by Gasteiger charge is -2.46. The lowest BCUT2D eigenvalue weighted by atomic mass is 9.59. The molecule has 13 heavy (non-hydrogen) atoms. The van der Waals surface area contributed by atoms with Crippen molar-refractivity contribution < 1.29 is 0 Å². The number of hydrogen-bond donors (Lipinski definition) is 0. The zero-order valence-corrected chi connectivity index (χ0v) is 9.42. The van der Waals surface area contributed by atoms with E-state index in [4.69, 9.17) is 0 Å². The van der Waals surface area contributed by atoms with Crippen LogP contribution in [0.25, 0.3) is 0 Å². The molecule has 0 amide bonds. The van der Waals surface area contributed by atoms with Crippen LogP contribution in [0.3, 0.4) is 0 Å². The first-order valence-electron chi connectivity index (χ1n) is 6.20. The van der Waals surface area contributed by atoms with Crippen LogP contribution in [-0.4, -0.2) is 0 Å². The molecule has 0 aliphatic heterocycles. The van der Waals surface area contributed by atoms with Crippen molar-refractivity contribution in [1.82, 2.24) is 0 Å². The zero-order chi connectivity index (χ0) is 9.42. The Bertz CT molecular complexity index is 171. The van der Waals surface area contributed by atoms with Gasteiger partial charge in [-0.1, -0.05) is 40.0 Å². The summed E-state index contributed by atoms with van der Waals surface area (Å²) >= 11 is 0. The van der Waals surface area contributed by atoms with Crippen molar-refractivity contribution in [3.8, 4) is 0 Å². The highest BCUT2D eigenvalue weighted by atomic mass is 14.4. The lowest BCUT2D eigenvalue weighted by Crippen LogP contribution is -2.38. The molecule has 0 heteroatoms. The van der Waals surface area contributed by atoms with Crippen molar-refractivity contribution >= 4 is 0 Å². The van der Waals surface area contributed by atoms with E-state index in [0.717, 1.165) is 29.6 Å². The Balaban J connectivity index is 2.08. The minimum atomic E-state index is 0.972.